The minimum Gasteiger partial charge on any atom is -0.378 e. The molecule has 3 rings (SSSR count). The summed E-state index contributed by atoms with van der Waals surface area (Å²) in [6, 6.07) is 25.4. The molecule has 0 fully saturated rings. The van der Waals surface area contributed by atoms with E-state index >= 15 is 0 Å². The van der Waals surface area contributed by atoms with Crippen LogP contribution in [0.1, 0.15) is 54.7 Å². The molecule has 2 nitrogen and oxygen atoms in total. The van der Waals surface area contributed by atoms with Gasteiger partial charge < -0.3 is 5.32 Å². The van der Waals surface area contributed by atoms with Gasteiger partial charge in [0.15, 0.2) is 5.78 Å². The fourth-order valence-electron chi connectivity index (χ4n) is 3.14. The Bertz CT molecular complexity index is 910. The summed E-state index contributed by atoms with van der Waals surface area (Å²) in [6.07, 6.45) is 0.376. The maximum Gasteiger partial charge on any atom is 0.165 e. The fourth-order valence-corrected chi connectivity index (χ4v) is 3.27. The van der Waals surface area contributed by atoms with Crippen LogP contribution in [0.2, 0.25) is 5.02 Å². The summed E-state index contributed by atoms with van der Waals surface area (Å²) >= 11 is 6.01. The number of Topliss-reactive ketones (excluding diaryl/α,β-unsaturated/α-hetero) is 1. The van der Waals surface area contributed by atoms with Gasteiger partial charge in [-0.05, 0) is 40.8 Å². The van der Waals surface area contributed by atoms with Gasteiger partial charge in [-0.15, -0.1) is 0 Å². The fraction of sp³-hybridized carbons (Fsp3) is 0.240. The molecule has 3 aromatic rings. The van der Waals surface area contributed by atoms with Crippen molar-refractivity contribution in [3.8, 4) is 0 Å². The van der Waals surface area contributed by atoms with Crippen molar-refractivity contribution in [3.63, 3.8) is 0 Å². The molecule has 1 N–H and O–H groups in total. The molecule has 0 amide bonds. The molecule has 0 saturated carbocycles. The van der Waals surface area contributed by atoms with Crippen molar-refractivity contribution in [2.24, 2.45) is 0 Å². The normalized spacial score (nSPS) is 12.4. The van der Waals surface area contributed by atoms with Gasteiger partial charge in [-0.25, -0.2) is 0 Å². The molecule has 0 aliphatic rings. The third-order valence-electron chi connectivity index (χ3n) is 4.85. The summed E-state index contributed by atoms with van der Waals surface area (Å²) in [5.41, 5.74) is 4.13. The topological polar surface area (TPSA) is 29.1 Å². The van der Waals surface area contributed by atoms with E-state index in [-0.39, 0.29) is 17.2 Å². The number of rotatable bonds is 6. The quantitative estimate of drug-likeness (QED) is 0.455. The maximum absolute atomic E-state index is 12.8. The first-order valence-electron chi connectivity index (χ1n) is 9.54. The van der Waals surface area contributed by atoms with Gasteiger partial charge in [0.05, 0.1) is 6.04 Å². The SMILES string of the molecule is CC(C)(C)c1ccc(C(CC(=O)c2ccccc2)Nc2ccc(Cl)cc2)cc1. The van der Waals surface area contributed by atoms with E-state index in [1.54, 1.807) is 0 Å². The van der Waals surface area contributed by atoms with Crippen molar-refractivity contribution in [1.29, 1.82) is 0 Å². The molecule has 0 aromatic heterocycles. The standard InChI is InChI=1S/C25H26ClNO/c1-25(2,3)20-11-9-18(10-12-20)23(27-22-15-13-21(26)14-16-22)17-24(28)19-7-5-4-6-8-19/h4-16,23,27H,17H2,1-3H3. The minimum absolute atomic E-state index is 0.0947. The molecule has 0 aliphatic carbocycles. The third-order valence-corrected chi connectivity index (χ3v) is 5.10. The van der Waals surface area contributed by atoms with E-state index in [9.17, 15) is 4.79 Å². The van der Waals surface area contributed by atoms with Crippen LogP contribution in [0.3, 0.4) is 0 Å². The van der Waals surface area contributed by atoms with Gasteiger partial charge in [0, 0.05) is 22.7 Å². The van der Waals surface area contributed by atoms with Crippen molar-refractivity contribution in [1.82, 2.24) is 0 Å². The second kappa shape index (κ2) is 8.62. The van der Waals surface area contributed by atoms with Crippen molar-refractivity contribution >= 4 is 23.1 Å². The van der Waals surface area contributed by atoms with Crippen molar-refractivity contribution < 1.29 is 4.79 Å². The van der Waals surface area contributed by atoms with E-state index in [4.69, 9.17) is 11.6 Å². The number of benzene rings is 3. The Morgan fingerprint density at radius 1 is 0.893 bits per heavy atom. The van der Waals surface area contributed by atoms with Crippen LogP contribution in [0.25, 0.3) is 0 Å². The lowest BCUT2D eigenvalue weighted by Gasteiger charge is -2.23. The predicted molar refractivity (Wildman–Crippen MR) is 118 cm³/mol. The summed E-state index contributed by atoms with van der Waals surface area (Å²) in [6.45, 7) is 6.60. The van der Waals surface area contributed by atoms with Crippen LogP contribution in [0.5, 0.6) is 0 Å². The number of nitrogens with one attached hydrogen (secondary N) is 1. The molecule has 28 heavy (non-hydrogen) atoms. The molecular weight excluding hydrogens is 366 g/mol. The Morgan fingerprint density at radius 2 is 1.50 bits per heavy atom. The van der Waals surface area contributed by atoms with E-state index in [1.165, 1.54) is 5.56 Å². The average molecular weight is 392 g/mol. The third kappa shape index (κ3) is 5.24. The van der Waals surface area contributed by atoms with E-state index in [1.807, 2.05) is 54.6 Å². The zero-order valence-corrected chi connectivity index (χ0v) is 17.3. The lowest BCUT2D eigenvalue weighted by molar-refractivity contribution is 0.0976. The summed E-state index contributed by atoms with van der Waals surface area (Å²) in [5, 5.41) is 4.19. The second-order valence-electron chi connectivity index (χ2n) is 8.07. The summed E-state index contributed by atoms with van der Waals surface area (Å²) in [4.78, 5) is 12.8. The van der Waals surface area contributed by atoms with E-state index < -0.39 is 0 Å². The van der Waals surface area contributed by atoms with Crippen LogP contribution in [0.4, 0.5) is 5.69 Å². The first-order valence-corrected chi connectivity index (χ1v) is 9.91. The Morgan fingerprint density at radius 3 is 2.07 bits per heavy atom. The van der Waals surface area contributed by atoms with Gasteiger partial charge in [0.1, 0.15) is 0 Å². The van der Waals surface area contributed by atoms with E-state index in [0.29, 0.717) is 11.4 Å². The van der Waals surface area contributed by atoms with Gasteiger partial charge in [-0.1, -0.05) is 87.0 Å². The molecule has 1 atom stereocenters. The number of carbonyl (C=O) groups excluding carboxylic acids is 1. The van der Waals surface area contributed by atoms with Crippen molar-refractivity contribution in [3.05, 3.63) is 101 Å². The highest BCUT2D eigenvalue weighted by molar-refractivity contribution is 6.30. The Hall–Kier alpha value is -2.58. The molecule has 0 heterocycles. The Balaban J connectivity index is 1.87. The summed E-state index contributed by atoms with van der Waals surface area (Å²) in [7, 11) is 0. The first kappa shape index (κ1) is 20.2. The number of anilines is 1. The van der Waals surface area contributed by atoms with Crippen molar-refractivity contribution in [2.75, 3.05) is 5.32 Å². The molecular formula is C25H26ClNO. The van der Waals surface area contributed by atoms with Gasteiger partial charge in [0.2, 0.25) is 0 Å². The molecule has 0 spiro atoms. The average Bonchev–Trinajstić information content (AvgIpc) is 2.69. The van der Waals surface area contributed by atoms with Crippen LogP contribution in [-0.4, -0.2) is 5.78 Å². The number of hydrogen-bond donors (Lipinski definition) is 1. The maximum atomic E-state index is 12.8. The van der Waals surface area contributed by atoms with Gasteiger partial charge >= 0.3 is 0 Å². The smallest absolute Gasteiger partial charge is 0.165 e. The highest BCUT2D eigenvalue weighted by Gasteiger charge is 2.19. The number of hydrogen-bond acceptors (Lipinski definition) is 2. The zero-order chi connectivity index (χ0) is 20.1. The molecule has 3 aromatic carbocycles. The predicted octanol–water partition coefficient (Wildman–Crippen LogP) is 7.06. The van der Waals surface area contributed by atoms with Crippen LogP contribution in [0.15, 0.2) is 78.9 Å². The lowest BCUT2D eigenvalue weighted by atomic mass is 9.86. The van der Waals surface area contributed by atoms with Gasteiger partial charge in [0.25, 0.3) is 0 Å². The largest absolute Gasteiger partial charge is 0.378 e. The van der Waals surface area contributed by atoms with Crippen molar-refractivity contribution in [2.45, 2.75) is 38.6 Å². The molecule has 144 valence electrons. The highest BCUT2D eigenvalue weighted by Crippen LogP contribution is 2.28. The Kier molecular flexibility index (Phi) is 6.21. The first-order chi connectivity index (χ1) is 13.3. The van der Waals surface area contributed by atoms with Gasteiger partial charge in [-0.3, -0.25) is 4.79 Å². The lowest BCUT2D eigenvalue weighted by Crippen LogP contribution is -2.17. The monoisotopic (exact) mass is 391 g/mol. The number of halogens is 1. The number of carbonyl (C=O) groups is 1. The molecule has 3 heteroatoms. The molecule has 0 aliphatic heterocycles. The van der Waals surface area contributed by atoms with Crippen LogP contribution < -0.4 is 5.32 Å². The second-order valence-corrected chi connectivity index (χ2v) is 8.51. The minimum atomic E-state index is -0.122. The molecule has 0 bridgehead atoms. The summed E-state index contributed by atoms with van der Waals surface area (Å²) in [5.74, 6) is 0.118. The van der Waals surface area contributed by atoms with Crippen LogP contribution in [0, 0.1) is 0 Å². The summed E-state index contributed by atoms with van der Waals surface area (Å²) < 4.78 is 0. The van der Waals surface area contributed by atoms with Gasteiger partial charge in [-0.2, -0.15) is 0 Å². The van der Waals surface area contributed by atoms with Crippen LogP contribution >= 0.6 is 11.6 Å². The van der Waals surface area contributed by atoms with E-state index in [0.717, 1.165) is 16.8 Å². The molecule has 1 unspecified atom stereocenters. The zero-order valence-electron chi connectivity index (χ0n) is 16.6. The number of ketones is 1. The molecule has 0 radical (unpaired) electrons. The molecule has 0 saturated heterocycles. The van der Waals surface area contributed by atoms with E-state index in [2.05, 4.69) is 50.4 Å². The van der Waals surface area contributed by atoms with Crippen LogP contribution in [-0.2, 0) is 5.41 Å². The highest BCUT2D eigenvalue weighted by atomic mass is 35.5. The Labute approximate surface area is 172 Å².